The maximum absolute atomic E-state index is 4.64. The Hall–Kier alpha value is -2.23. The summed E-state index contributed by atoms with van der Waals surface area (Å²) in [4.78, 5) is 13.4. The van der Waals surface area contributed by atoms with Crippen molar-refractivity contribution in [1.29, 1.82) is 0 Å². The van der Waals surface area contributed by atoms with Crippen LogP contribution >= 0.6 is 0 Å². The van der Waals surface area contributed by atoms with Gasteiger partial charge in [-0.1, -0.05) is 12.1 Å². The molecule has 2 heterocycles. The SMILES string of the molecule is Cc1nc2ccccc2nc1-n1ccnc1C. The van der Waals surface area contributed by atoms with Crippen molar-refractivity contribution in [2.24, 2.45) is 0 Å². The summed E-state index contributed by atoms with van der Waals surface area (Å²) in [5, 5.41) is 0. The zero-order valence-corrected chi connectivity index (χ0v) is 9.75. The minimum atomic E-state index is 0.846. The molecule has 2 aromatic heterocycles. The van der Waals surface area contributed by atoms with Crippen LogP contribution in [0.2, 0.25) is 0 Å². The van der Waals surface area contributed by atoms with E-state index in [-0.39, 0.29) is 0 Å². The second-order valence-electron chi connectivity index (χ2n) is 3.97. The maximum Gasteiger partial charge on any atom is 0.160 e. The molecule has 17 heavy (non-hydrogen) atoms. The number of benzene rings is 1. The fraction of sp³-hybridized carbons (Fsp3) is 0.154. The molecule has 0 fully saturated rings. The van der Waals surface area contributed by atoms with E-state index in [0.717, 1.165) is 28.4 Å². The summed E-state index contributed by atoms with van der Waals surface area (Å²) in [5.74, 6) is 1.76. The third-order valence-corrected chi connectivity index (χ3v) is 2.77. The zero-order chi connectivity index (χ0) is 11.8. The van der Waals surface area contributed by atoms with Crippen LogP contribution in [0.25, 0.3) is 16.9 Å². The normalized spacial score (nSPS) is 10.9. The van der Waals surface area contributed by atoms with Gasteiger partial charge in [-0.15, -0.1) is 0 Å². The first-order chi connectivity index (χ1) is 8.25. The Balaban J connectivity index is 2.30. The summed E-state index contributed by atoms with van der Waals surface area (Å²) < 4.78 is 1.95. The summed E-state index contributed by atoms with van der Waals surface area (Å²) in [6, 6.07) is 7.88. The first-order valence-corrected chi connectivity index (χ1v) is 5.49. The molecule has 4 nitrogen and oxygen atoms in total. The van der Waals surface area contributed by atoms with Crippen LogP contribution in [0.3, 0.4) is 0 Å². The Morgan fingerprint density at radius 1 is 1.00 bits per heavy atom. The maximum atomic E-state index is 4.64. The van der Waals surface area contributed by atoms with Gasteiger partial charge in [0.25, 0.3) is 0 Å². The van der Waals surface area contributed by atoms with Crippen molar-refractivity contribution in [1.82, 2.24) is 19.5 Å². The lowest BCUT2D eigenvalue weighted by Crippen LogP contribution is -2.03. The highest BCUT2D eigenvalue weighted by molar-refractivity contribution is 5.75. The predicted octanol–water partition coefficient (Wildman–Crippen LogP) is 2.43. The number of para-hydroxylation sites is 2. The molecule has 1 aromatic carbocycles. The van der Waals surface area contributed by atoms with E-state index in [9.17, 15) is 0 Å². The molecule has 0 radical (unpaired) electrons. The molecule has 0 bridgehead atoms. The number of aromatic nitrogens is 4. The zero-order valence-electron chi connectivity index (χ0n) is 9.75. The van der Waals surface area contributed by atoms with Crippen LogP contribution in [0.1, 0.15) is 11.5 Å². The lowest BCUT2D eigenvalue weighted by Gasteiger charge is -2.08. The third kappa shape index (κ3) is 1.58. The smallest absolute Gasteiger partial charge is 0.160 e. The highest BCUT2D eigenvalue weighted by atomic mass is 15.1. The fourth-order valence-electron chi connectivity index (χ4n) is 1.91. The predicted molar refractivity (Wildman–Crippen MR) is 66.1 cm³/mol. The molecular formula is C13H12N4. The first kappa shape index (κ1) is 9.96. The lowest BCUT2D eigenvalue weighted by molar-refractivity contribution is 0.913. The van der Waals surface area contributed by atoms with Crippen LogP contribution in [0.15, 0.2) is 36.7 Å². The van der Waals surface area contributed by atoms with Gasteiger partial charge >= 0.3 is 0 Å². The van der Waals surface area contributed by atoms with Gasteiger partial charge in [0, 0.05) is 12.4 Å². The Morgan fingerprint density at radius 3 is 2.35 bits per heavy atom. The van der Waals surface area contributed by atoms with Gasteiger partial charge in [0.1, 0.15) is 5.82 Å². The molecule has 0 aliphatic rings. The van der Waals surface area contributed by atoms with Crippen molar-refractivity contribution >= 4 is 11.0 Å². The van der Waals surface area contributed by atoms with E-state index in [4.69, 9.17) is 0 Å². The van der Waals surface area contributed by atoms with Crippen molar-refractivity contribution in [2.75, 3.05) is 0 Å². The number of fused-ring (bicyclic) bond motifs is 1. The van der Waals surface area contributed by atoms with E-state index in [0.29, 0.717) is 0 Å². The molecule has 4 heteroatoms. The molecule has 0 saturated heterocycles. The monoisotopic (exact) mass is 224 g/mol. The van der Waals surface area contributed by atoms with E-state index < -0.39 is 0 Å². The topological polar surface area (TPSA) is 43.6 Å². The molecule has 0 unspecified atom stereocenters. The summed E-state index contributed by atoms with van der Waals surface area (Å²) >= 11 is 0. The molecule has 3 rings (SSSR count). The number of imidazole rings is 1. The van der Waals surface area contributed by atoms with Crippen LogP contribution in [-0.2, 0) is 0 Å². The number of nitrogens with zero attached hydrogens (tertiary/aromatic N) is 4. The first-order valence-electron chi connectivity index (χ1n) is 5.49. The van der Waals surface area contributed by atoms with Crippen LogP contribution in [0.5, 0.6) is 0 Å². The third-order valence-electron chi connectivity index (χ3n) is 2.77. The Morgan fingerprint density at radius 2 is 1.71 bits per heavy atom. The second-order valence-corrected chi connectivity index (χ2v) is 3.97. The van der Waals surface area contributed by atoms with Gasteiger partial charge in [-0.25, -0.2) is 15.0 Å². The largest absolute Gasteiger partial charge is 0.287 e. The minimum Gasteiger partial charge on any atom is -0.287 e. The number of aryl methyl sites for hydroxylation is 2. The van der Waals surface area contributed by atoms with E-state index in [2.05, 4.69) is 15.0 Å². The highest BCUT2D eigenvalue weighted by Gasteiger charge is 2.08. The van der Waals surface area contributed by atoms with Crippen molar-refractivity contribution in [3.63, 3.8) is 0 Å². The Kier molecular flexibility index (Phi) is 2.14. The van der Waals surface area contributed by atoms with Crippen LogP contribution in [-0.4, -0.2) is 19.5 Å². The number of rotatable bonds is 1. The Bertz CT molecular complexity index is 685. The summed E-state index contributed by atoms with van der Waals surface area (Å²) in [6.07, 6.45) is 3.67. The van der Waals surface area contributed by atoms with Gasteiger partial charge in [0.05, 0.1) is 16.7 Å². The fourth-order valence-corrected chi connectivity index (χ4v) is 1.91. The van der Waals surface area contributed by atoms with Gasteiger partial charge < -0.3 is 0 Å². The average Bonchev–Trinajstić information content (AvgIpc) is 2.74. The van der Waals surface area contributed by atoms with Crippen molar-refractivity contribution in [2.45, 2.75) is 13.8 Å². The van der Waals surface area contributed by atoms with Crippen molar-refractivity contribution in [3.8, 4) is 5.82 Å². The molecular weight excluding hydrogens is 212 g/mol. The van der Waals surface area contributed by atoms with Gasteiger partial charge in [0.2, 0.25) is 0 Å². The van der Waals surface area contributed by atoms with Gasteiger partial charge in [-0.2, -0.15) is 0 Å². The minimum absolute atomic E-state index is 0.846. The Labute approximate surface area is 99.0 Å². The molecule has 0 saturated carbocycles. The molecule has 0 amide bonds. The molecule has 0 atom stereocenters. The van der Waals surface area contributed by atoms with E-state index in [1.54, 1.807) is 6.20 Å². The van der Waals surface area contributed by atoms with Gasteiger partial charge in [0.15, 0.2) is 5.82 Å². The summed E-state index contributed by atoms with van der Waals surface area (Å²) in [6.45, 7) is 3.92. The summed E-state index contributed by atoms with van der Waals surface area (Å²) in [5.41, 5.74) is 2.73. The van der Waals surface area contributed by atoms with E-state index in [1.165, 1.54) is 0 Å². The van der Waals surface area contributed by atoms with Crippen LogP contribution < -0.4 is 0 Å². The molecule has 0 aliphatic carbocycles. The highest BCUT2D eigenvalue weighted by Crippen LogP contribution is 2.16. The molecule has 0 N–H and O–H groups in total. The molecule has 3 aromatic rings. The second kappa shape index (κ2) is 3.66. The van der Waals surface area contributed by atoms with Crippen molar-refractivity contribution in [3.05, 3.63) is 48.2 Å². The quantitative estimate of drug-likeness (QED) is 0.637. The van der Waals surface area contributed by atoms with Crippen molar-refractivity contribution < 1.29 is 0 Å². The van der Waals surface area contributed by atoms with Gasteiger partial charge in [-0.05, 0) is 26.0 Å². The van der Waals surface area contributed by atoms with E-state index in [1.807, 2.05) is 48.9 Å². The van der Waals surface area contributed by atoms with Crippen LogP contribution in [0.4, 0.5) is 0 Å². The van der Waals surface area contributed by atoms with Gasteiger partial charge in [-0.3, -0.25) is 4.57 Å². The average molecular weight is 224 g/mol. The number of hydrogen-bond donors (Lipinski definition) is 0. The lowest BCUT2D eigenvalue weighted by atomic mass is 10.3. The van der Waals surface area contributed by atoms with E-state index >= 15 is 0 Å². The molecule has 0 aliphatic heterocycles. The molecule has 0 spiro atoms. The molecule has 84 valence electrons. The standard InChI is InChI=1S/C13H12N4/c1-9-13(17-8-7-14-10(17)2)16-12-6-4-3-5-11(12)15-9/h3-8H,1-2H3. The summed E-state index contributed by atoms with van der Waals surface area (Å²) in [7, 11) is 0. The number of hydrogen-bond acceptors (Lipinski definition) is 3. The van der Waals surface area contributed by atoms with Crippen LogP contribution in [0, 0.1) is 13.8 Å².